The number of ketones is 1. The van der Waals surface area contributed by atoms with E-state index in [1.807, 2.05) is 19.1 Å². The van der Waals surface area contributed by atoms with Crippen molar-refractivity contribution in [1.29, 1.82) is 0 Å². The first-order valence-electron chi connectivity index (χ1n) is 8.75. The van der Waals surface area contributed by atoms with E-state index in [9.17, 15) is 9.90 Å². The molecule has 2 nitrogen and oxygen atoms in total. The van der Waals surface area contributed by atoms with Crippen LogP contribution in [0.15, 0.2) is 23.3 Å². The zero-order chi connectivity index (χ0) is 16.5. The SMILES string of the molecule is CC1=CC(O)CC(C)=CCC(=O)C(C)CC2C(CC1)C2(C)C. The molecule has 0 heterocycles. The van der Waals surface area contributed by atoms with E-state index in [-0.39, 0.29) is 5.92 Å². The number of allylic oxidation sites excluding steroid dienone is 2. The van der Waals surface area contributed by atoms with Gasteiger partial charge in [0.25, 0.3) is 0 Å². The van der Waals surface area contributed by atoms with Crippen molar-refractivity contribution in [2.24, 2.45) is 23.2 Å². The molecular weight excluding hydrogens is 272 g/mol. The first-order chi connectivity index (χ1) is 10.2. The lowest BCUT2D eigenvalue weighted by Gasteiger charge is -2.12. The Balaban J connectivity index is 2.14. The van der Waals surface area contributed by atoms with Crippen molar-refractivity contribution in [3.8, 4) is 0 Å². The molecule has 2 aliphatic carbocycles. The molecule has 124 valence electrons. The summed E-state index contributed by atoms with van der Waals surface area (Å²) in [5, 5.41) is 10.2. The predicted octanol–water partition coefficient (Wildman–Crippen LogP) is 4.68. The quantitative estimate of drug-likeness (QED) is 0.660. The number of hydrogen-bond acceptors (Lipinski definition) is 2. The molecule has 0 bridgehead atoms. The molecule has 0 saturated heterocycles. The Morgan fingerprint density at radius 3 is 2.55 bits per heavy atom. The number of carbonyl (C=O) groups excluding carboxylic acids is 1. The van der Waals surface area contributed by atoms with Crippen LogP contribution < -0.4 is 0 Å². The van der Waals surface area contributed by atoms with E-state index in [2.05, 4.69) is 27.7 Å². The normalized spacial score (nSPS) is 36.7. The summed E-state index contributed by atoms with van der Waals surface area (Å²) in [5.41, 5.74) is 2.78. The zero-order valence-corrected chi connectivity index (χ0v) is 14.9. The Morgan fingerprint density at radius 2 is 1.86 bits per heavy atom. The highest BCUT2D eigenvalue weighted by Gasteiger charge is 2.56. The monoisotopic (exact) mass is 304 g/mol. The van der Waals surface area contributed by atoms with Crippen molar-refractivity contribution in [3.05, 3.63) is 23.3 Å². The average Bonchev–Trinajstić information content (AvgIpc) is 2.92. The highest BCUT2D eigenvalue weighted by Crippen LogP contribution is 2.63. The van der Waals surface area contributed by atoms with E-state index < -0.39 is 6.10 Å². The summed E-state index contributed by atoms with van der Waals surface area (Å²) >= 11 is 0. The number of fused-ring (bicyclic) bond motifs is 1. The minimum atomic E-state index is -0.422. The first-order valence-corrected chi connectivity index (χ1v) is 8.75. The highest BCUT2D eigenvalue weighted by atomic mass is 16.3. The third-order valence-electron chi connectivity index (χ3n) is 5.95. The van der Waals surface area contributed by atoms with E-state index in [0.717, 1.165) is 24.3 Å². The molecular formula is C20H32O2. The smallest absolute Gasteiger partial charge is 0.139 e. The van der Waals surface area contributed by atoms with Gasteiger partial charge in [0, 0.05) is 12.3 Å². The molecule has 0 aromatic rings. The van der Waals surface area contributed by atoms with Crippen molar-refractivity contribution in [1.82, 2.24) is 0 Å². The molecule has 4 atom stereocenters. The van der Waals surface area contributed by atoms with Gasteiger partial charge in [0.15, 0.2) is 0 Å². The molecule has 1 saturated carbocycles. The minimum Gasteiger partial charge on any atom is -0.389 e. The summed E-state index contributed by atoms with van der Waals surface area (Å²) in [7, 11) is 0. The molecule has 0 radical (unpaired) electrons. The van der Waals surface area contributed by atoms with Gasteiger partial charge >= 0.3 is 0 Å². The van der Waals surface area contributed by atoms with E-state index >= 15 is 0 Å². The van der Waals surface area contributed by atoms with Crippen molar-refractivity contribution in [2.75, 3.05) is 0 Å². The molecule has 1 N–H and O–H groups in total. The second kappa shape index (κ2) is 6.70. The zero-order valence-electron chi connectivity index (χ0n) is 14.9. The number of aliphatic hydroxyl groups is 1. The van der Waals surface area contributed by atoms with Crippen LogP contribution in [0.5, 0.6) is 0 Å². The topological polar surface area (TPSA) is 37.3 Å². The van der Waals surface area contributed by atoms with Crippen molar-refractivity contribution in [3.63, 3.8) is 0 Å². The van der Waals surface area contributed by atoms with Crippen LogP contribution in [0.25, 0.3) is 0 Å². The molecule has 0 amide bonds. The summed E-state index contributed by atoms with van der Waals surface area (Å²) in [4.78, 5) is 12.3. The lowest BCUT2D eigenvalue weighted by Crippen LogP contribution is -2.12. The van der Waals surface area contributed by atoms with Crippen LogP contribution in [-0.4, -0.2) is 17.0 Å². The average molecular weight is 304 g/mol. The van der Waals surface area contributed by atoms with Crippen LogP contribution in [0, 0.1) is 23.2 Å². The van der Waals surface area contributed by atoms with Crippen LogP contribution in [-0.2, 0) is 4.79 Å². The van der Waals surface area contributed by atoms with E-state index in [1.54, 1.807) is 0 Å². The van der Waals surface area contributed by atoms with Gasteiger partial charge in [-0.15, -0.1) is 0 Å². The van der Waals surface area contributed by atoms with Gasteiger partial charge in [0.1, 0.15) is 5.78 Å². The fraction of sp³-hybridized carbons (Fsp3) is 0.750. The number of carbonyl (C=O) groups is 1. The lowest BCUT2D eigenvalue weighted by atomic mass is 9.93. The molecule has 2 rings (SSSR count). The van der Waals surface area contributed by atoms with E-state index in [0.29, 0.717) is 30.0 Å². The number of aliphatic hydroxyl groups excluding tert-OH is 1. The van der Waals surface area contributed by atoms with Crippen LogP contribution in [0.3, 0.4) is 0 Å². The van der Waals surface area contributed by atoms with Gasteiger partial charge in [0.05, 0.1) is 6.10 Å². The van der Waals surface area contributed by atoms with Gasteiger partial charge in [-0.2, -0.15) is 0 Å². The Morgan fingerprint density at radius 1 is 1.18 bits per heavy atom. The molecule has 2 heteroatoms. The molecule has 1 fully saturated rings. The van der Waals surface area contributed by atoms with E-state index in [1.165, 1.54) is 12.0 Å². The van der Waals surface area contributed by atoms with Gasteiger partial charge < -0.3 is 5.11 Å². The Labute approximate surface area is 135 Å². The fourth-order valence-corrected chi connectivity index (χ4v) is 4.15. The third-order valence-corrected chi connectivity index (χ3v) is 5.95. The maximum Gasteiger partial charge on any atom is 0.139 e. The summed E-state index contributed by atoms with van der Waals surface area (Å²) in [6.07, 6.45) is 8.01. The Bertz CT molecular complexity index is 484. The molecule has 0 aromatic heterocycles. The molecule has 4 unspecified atom stereocenters. The van der Waals surface area contributed by atoms with Gasteiger partial charge in [-0.25, -0.2) is 0 Å². The maximum absolute atomic E-state index is 12.3. The Kier molecular flexibility index (Phi) is 5.32. The molecule has 0 aliphatic heterocycles. The van der Waals surface area contributed by atoms with Crippen LogP contribution in [0.1, 0.15) is 66.7 Å². The lowest BCUT2D eigenvalue weighted by molar-refractivity contribution is -0.121. The Hall–Kier alpha value is -0.890. The summed E-state index contributed by atoms with van der Waals surface area (Å²) < 4.78 is 0. The van der Waals surface area contributed by atoms with Crippen LogP contribution in [0.2, 0.25) is 0 Å². The number of hydrogen-bond donors (Lipinski definition) is 1. The van der Waals surface area contributed by atoms with Crippen LogP contribution >= 0.6 is 0 Å². The largest absolute Gasteiger partial charge is 0.389 e. The fourth-order valence-electron chi connectivity index (χ4n) is 4.15. The predicted molar refractivity (Wildman–Crippen MR) is 91.5 cm³/mol. The first kappa shape index (κ1) is 17.5. The van der Waals surface area contributed by atoms with E-state index in [4.69, 9.17) is 0 Å². The van der Waals surface area contributed by atoms with Crippen LogP contribution in [0.4, 0.5) is 0 Å². The minimum absolute atomic E-state index is 0.155. The molecule has 22 heavy (non-hydrogen) atoms. The molecule has 0 spiro atoms. The second-order valence-electron chi connectivity index (χ2n) is 8.22. The molecule has 0 aromatic carbocycles. The summed E-state index contributed by atoms with van der Waals surface area (Å²) in [5.74, 6) is 1.91. The second-order valence-corrected chi connectivity index (χ2v) is 8.22. The number of rotatable bonds is 0. The number of Topliss-reactive ketones (excluding diaryl/α,β-unsaturated/α-hetero) is 1. The van der Waals surface area contributed by atoms with Crippen molar-refractivity contribution in [2.45, 2.75) is 72.8 Å². The van der Waals surface area contributed by atoms with Gasteiger partial charge in [-0.05, 0) is 56.8 Å². The standard InChI is InChI=1S/C20H32O2/c1-13-6-8-17-18(20(17,4)5)12-15(3)19(22)9-7-14(2)11-16(21)10-13/h7,10,15-18,21H,6,8-9,11-12H2,1-5H3. The molecule has 2 aliphatic rings. The van der Waals surface area contributed by atoms with Gasteiger partial charge in [-0.3, -0.25) is 4.79 Å². The summed E-state index contributed by atoms with van der Waals surface area (Å²) in [6.45, 7) is 10.9. The maximum atomic E-state index is 12.3. The third kappa shape index (κ3) is 4.10. The summed E-state index contributed by atoms with van der Waals surface area (Å²) in [6, 6.07) is 0. The highest BCUT2D eigenvalue weighted by molar-refractivity contribution is 5.82. The van der Waals surface area contributed by atoms with Gasteiger partial charge in [-0.1, -0.05) is 44.1 Å². The van der Waals surface area contributed by atoms with Gasteiger partial charge in [0.2, 0.25) is 0 Å². The van der Waals surface area contributed by atoms with Crippen molar-refractivity contribution < 1.29 is 9.90 Å². The van der Waals surface area contributed by atoms with Crippen molar-refractivity contribution >= 4 is 5.78 Å².